The van der Waals surface area contributed by atoms with Gasteiger partial charge in [-0.2, -0.15) is 5.10 Å². The number of hydrogen-bond acceptors (Lipinski definition) is 4. The molecule has 0 radical (unpaired) electrons. The number of nitrogens with one attached hydrogen (secondary N) is 1. The Morgan fingerprint density at radius 1 is 1.17 bits per heavy atom. The topological polar surface area (TPSA) is 69.0 Å². The molecule has 1 amide bonds. The summed E-state index contributed by atoms with van der Waals surface area (Å²) in [5.41, 5.74) is 6.67. The molecule has 1 N–H and O–H groups in total. The zero-order chi connectivity index (χ0) is 20.3. The lowest BCUT2D eigenvalue weighted by molar-refractivity contribution is 0.0926. The Morgan fingerprint density at radius 3 is 2.72 bits per heavy atom. The van der Waals surface area contributed by atoms with E-state index in [4.69, 9.17) is 9.72 Å². The molecule has 6 heteroatoms. The molecule has 2 aromatic heterocycles. The molecule has 150 valence electrons. The second-order valence-corrected chi connectivity index (χ2v) is 8.44. The molecule has 6 nitrogen and oxygen atoms in total. The van der Waals surface area contributed by atoms with Crippen molar-refractivity contribution in [3.8, 4) is 5.75 Å². The normalized spacial score (nSPS) is 18.4. The number of nitrogens with zero attached hydrogens (tertiary/aromatic N) is 3. The van der Waals surface area contributed by atoms with Crippen LogP contribution in [0.25, 0.3) is 11.0 Å². The summed E-state index contributed by atoms with van der Waals surface area (Å²) >= 11 is 0. The molecule has 1 aromatic carbocycles. The summed E-state index contributed by atoms with van der Waals surface area (Å²) in [6.07, 6.45) is 3.04. The minimum atomic E-state index is -0.0626. The van der Waals surface area contributed by atoms with E-state index in [9.17, 15) is 4.79 Å². The summed E-state index contributed by atoms with van der Waals surface area (Å²) in [6.45, 7) is 6.68. The van der Waals surface area contributed by atoms with Crippen LogP contribution in [-0.2, 0) is 7.05 Å². The molecule has 0 saturated heterocycles. The minimum absolute atomic E-state index is 0.0607. The molecule has 1 fully saturated rings. The molecular formula is C23H26N4O2. The molecule has 1 aliphatic heterocycles. The number of fused-ring (bicyclic) bond motifs is 2. The minimum Gasteiger partial charge on any atom is -0.493 e. The molecule has 3 aromatic rings. The van der Waals surface area contributed by atoms with Crippen molar-refractivity contribution in [2.24, 2.45) is 7.05 Å². The van der Waals surface area contributed by atoms with E-state index >= 15 is 0 Å². The van der Waals surface area contributed by atoms with Crippen molar-refractivity contribution >= 4 is 16.9 Å². The van der Waals surface area contributed by atoms with E-state index in [0.29, 0.717) is 18.1 Å². The number of aryl methyl sites for hydroxylation is 4. The Hall–Kier alpha value is -2.89. The summed E-state index contributed by atoms with van der Waals surface area (Å²) in [6, 6.07) is 6.16. The number of benzene rings is 1. The number of aromatic nitrogens is 3. The highest BCUT2D eigenvalue weighted by Crippen LogP contribution is 2.41. The summed E-state index contributed by atoms with van der Waals surface area (Å²) in [4.78, 5) is 18.3. The predicted octanol–water partition coefficient (Wildman–Crippen LogP) is 4.02. The molecule has 3 heterocycles. The van der Waals surface area contributed by atoms with Crippen LogP contribution < -0.4 is 10.1 Å². The lowest BCUT2D eigenvalue weighted by Crippen LogP contribution is -2.32. The van der Waals surface area contributed by atoms with E-state index in [0.717, 1.165) is 58.6 Å². The Bertz CT molecular complexity index is 1140. The smallest absolute Gasteiger partial charge is 0.252 e. The van der Waals surface area contributed by atoms with Crippen molar-refractivity contribution in [1.82, 2.24) is 20.1 Å². The standard InChI is InChI=1S/C23H26N4O2/c1-12-9-13(2)21-16(10-12)18(7-8-29-21)25-23(28)17-11-19(15-5-6-15)24-22-20(17)14(3)26-27(22)4/h9-11,15,18H,5-8H2,1-4H3,(H,25,28). The summed E-state index contributed by atoms with van der Waals surface area (Å²) in [5.74, 6) is 1.31. The fourth-order valence-electron chi connectivity index (χ4n) is 4.49. The van der Waals surface area contributed by atoms with Gasteiger partial charge >= 0.3 is 0 Å². The van der Waals surface area contributed by atoms with Crippen LogP contribution in [-0.4, -0.2) is 27.3 Å². The van der Waals surface area contributed by atoms with Gasteiger partial charge in [-0.25, -0.2) is 4.98 Å². The van der Waals surface area contributed by atoms with Crippen LogP contribution in [0.4, 0.5) is 0 Å². The van der Waals surface area contributed by atoms with Gasteiger partial charge in [0, 0.05) is 30.6 Å². The Morgan fingerprint density at radius 2 is 1.97 bits per heavy atom. The molecular weight excluding hydrogens is 364 g/mol. The van der Waals surface area contributed by atoms with Crippen molar-refractivity contribution < 1.29 is 9.53 Å². The van der Waals surface area contributed by atoms with Crippen LogP contribution in [0.15, 0.2) is 18.2 Å². The van der Waals surface area contributed by atoms with Gasteiger partial charge in [0.2, 0.25) is 0 Å². The average molecular weight is 390 g/mol. The lowest BCUT2D eigenvalue weighted by Gasteiger charge is -2.28. The molecule has 29 heavy (non-hydrogen) atoms. The molecule has 1 atom stereocenters. The zero-order valence-electron chi connectivity index (χ0n) is 17.4. The highest BCUT2D eigenvalue weighted by molar-refractivity contribution is 6.06. The zero-order valence-corrected chi connectivity index (χ0v) is 17.4. The van der Waals surface area contributed by atoms with Gasteiger partial charge in [-0.15, -0.1) is 0 Å². The van der Waals surface area contributed by atoms with Crippen molar-refractivity contribution in [1.29, 1.82) is 0 Å². The fourth-order valence-corrected chi connectivity index (χ4v) is 4.49. The number of carbonyl (C=O) groups excluding carboxylic acids is 1. The van der Waals surface area contributed by atoms with Crippen LogP contribution in [0.1, 0.15) is 69.7 Å². The maximum atomic E-state index is 13.4. The van der Waals surface area contributed by atoms with E-state index in [2.05, 4.69) is 36.4 Å². The van der Waals surface area contributed by atoms with Crippen LogP contribution in [0.2, 0.25) is 0 Å². The monoisotopic (exact) mass is 390 g/mol. The first-order chi connectivity index (χ1) is 13.9. The molecule has 2 aliphatic rings. The maximum Gasteiger partial charge on any atom is 0.252 e. The van der Waals surface area contributed by atoms with Crippen molar-refractivity contribution in [2.75, 3.05) is 6.61 Å². The first kappa shape index (κ1) is 18.2. The first-order valence-corrected chi connectivity index (χ1v) is 10.3. The van der Waals surface area contributed by atoms with E-state index < -0.39 is 0 Å². The van der Waals surface area contributed by atoms with Crippen LogP contribution >= 0.6 is 0 Å². The number of ether oxygens (including phenoxy) is 1. The Kier molecular flexibility index (Phi) is 4.12. The molecule has 0 bridgehead atoms. The number of pyridine rings is 1. The van der Waals surface area contributed by atoms with Crippen molar-refractivity contribution in [2.45, 2.75) is 52.0 Å². The number of rotatable bonds is 3. The lowest BCUT2D eigenvalue weighted by atomic mass is 9.95. The fraction of sp³-hybridized carbons (Fsp3) is 0.435. The van der Waals surface area contributed by atoms with Crippen LogP contribution in [0.5, 0.6) is 5.75 Å². The van der Waals surface area contributed by atoms with Crippen LogP contribution in [0.3, 0.4) is 0 Å². The summed E-state index contributed by atoms with van der Waals surface area (Å²) in [5, 5.41) is 8.64. The third-order valence-corrected chi connectivity index (χ3v) is 6.01. The predicted molar refractivity (Wildman–Crippen MR) is 111 cm³/mol. The van der Waals surface area contributed by atoms with E-state index in [-0.39, 0.29) is 11.9 Å². The van der Waals surface area contributed by atoms with Gasteiger partial charge in [-0.3, -0.25) is 9.48 Å². The molecule has 5 rings (SSSR count). The second-order valence-electron chi connectivity index (χ2n) is 8.44. The van der Waals surface area contributed by atoms with Gasteiger partial charge in [0.1, 0.15) is 5.75 Å². The van der Waals surface area contributed by atoms with E-state index in [1.807, 2.05) is 20.0 Å². The Balaban J connectivity index is 1.55. The van der Waals surface area contributed by atoms with Crippen molar-refractivity contribution in [3.05, 3.63) is 51.8 Å². The molecule has 0 spiro atoms. The molecule has 1 unspecified atom stereocenters. The van der Waals surface area contributed by atoms with Gasteiger partial charge in [-0.05, 0) is 45.2 Å². The Labute approximate surface area is 170 Å². The van der Waals surface area contributed by atoms with Gasteiger partial charge in [0.25, 0.3) is 5.91 Å². The van der Waals surface area contributed by atoms with Gasteiger partial charge in [0.05, 0.1) is 29.3 Å². The van der Waals surface area contributed by atoms with E-state index in [1.165, 1.54) is 5.56 Å². The van der Waals surface area contributed by atoms with Gasteiger partial charge in [-0.1, -0.05) is 17.7 Å². The summed E-state index contributed by atoms with van der Waals surface area (Å²) < 4.78 is 7.69. The third-order valence-electron chi connectivity index (χ3n) is 6.01. The summed E-state index contributed by atoms with van der Waals surface area (Å²) in [7, 11) is 1.89. The molecule has 1 aliphatic carbocycles. The quantitative estimate of drug-likeness (QED) is 0.733. The number of hydrogen-bond donors (Lipinski definition) is 1. The third kappa shape index (κ3) is 3.07. The van der Waals surface area contributed by atoms with Gasteiger partial charge < -0.3 is 10.1 Å². The maximum absolute atomic E-state index is 13.4. The molecule has 1 saturated carbocycles. The average Bonchev–Trinajstić information content (AvgIpc) is 3.48. The highest BCUT2D eigenvalue weighted by Gasteiger charge is 2.30. The number of carbonyl (C=O) groups is 1. The SMILES string of the molecule is Cc1cc(C)c2c(c1)C(NC(=O)c1cc(C3CC3)nc3c1c(C)nn3C)CCO2. The second kappa shape index (κ2) is 6.58. The van der Waals surface area contributed by atoms with Crippen LogP contribution in [0, 0.1) is 20.8 Å². The van der Waals surface area contributed by atoms with Gasteiger partial charge in [0.15, 0.2) is 5.65 Å². The first-order valence-electron chi connectivity index (χ1n) is 10.3. The number of amides is 1. The highest BCUT2D eigenvalue weighted by atomic mass is 16.5. The van der Waals surface area contributed by atoms with Crippen molar-refractivity contribution in [3.63, 3.8) is 0 Å². The van der Waals surface area contributed by atoms with E-state index in [1.54, 1.807) is 4.68 Å². The largest absolute Gasteiger partial charge is 0.493 e.